The lowest BCUT2D eigenvalue weighted by Crippen LogP contribution is -2.16. The van der Waals surface area contributed by atoms with E-state index in [0.717, 1.165) is 30.9 Å². The fraction of sp³-hybridized carbons (Fsp3) is 0.714. The lowest BCUT2D eigenvalue weighted by molar-refractivity contribution is 0.0403. The standard InChI is InChI=1S/C14H23NO3/c1-2-6-16-8-9-17-11-12-5-7-18-14(12)10-15-13-3-4-13/h5,7,13,15H,2-4,6,8-11H2,1H3. The van der Waals surface area contributed by atoms with Crippen LogP contribution in [0.5, 0.6) is 0 Å². The van der Waals surface area contributed by atoms with Gasteiger partial charge >= 0.3 is 0 Å². The van der Waals surface area contributed by atoms with Crippen molar-refractivity contribution in [1.82, 2.24) is 5.32 Å². The van der Waals surface area contributed by atoms with E-state index in [9.17, 15) is 0 Å². The van der Waals surface area contributed by atoms with E-state index in [1.54, 1.807) is 6.26 Å². The van der Waals surface area contributed by atoms with E-state index < -0.39 is 0 Å². The molecule has 2 rings (SSSR count). The lowest BCUT2D eigenvalue weighted by atomic mass is 10.2. The minimum atomic E-state index is 0.605. The first-order valence-electron chi connectivity index (χ1n) is 6.84. The van der Waals surface area contributed by atoms with Crippen LogP contribution < -0.4 is 5.32 Å². The molecule has 1 aromatic heterocycles. The van der Waals surface area contributed by atoms with E-state index in [2.05, 4.69) is 12.2 Å². The smallest absolute Gasteiger partial charge is 0.123 e. The maximum atomic E-state index is 5.57. The molecule has 1 heterocycles. The highest BCUT2D eigenvalue weighted by molar-refractivity contribution is 5.16. The number of ether oxygens (including phenoxy) is 2. The molecule has 1 fully saturated rings. The molecule has 102 valence electrons. The van der Waals surface area contributed by atoms with Gasteiger partial charge in [-0.2, -0.15) is 0 Å². The summed E-state index contributed by atoms with van der Waals surface area (Å²) in [6, 6.07) is 2.68. The quantitative estimate of drug-likeness (QED) is 0.651. The molecule has 0 amide bonds. The Labute approximate surface area is 109 Å². The Hall–Kier alpha value is -0.840. The summed E-state index contributed by atoms with van der Waals surface area (Å²) < 4.78 is 16.4. The van der Waals surface area contributed by atoms with Gasteiger partial charge in [-0.15, -0.1) is 0 Å². The topological polar surface area (TPSA) is 43.6 Å². The molecule has 0 aromatic carbocycles. The van der Waals surface area contributed by atoms with Gasteiger partial charge in [-0.3, -0.25) is 0 Å². The van der Waals surface area contributed by atoms with Crippen LogP contribution in [0.2, 0.25) is 0 Å². The van der Waals surface area contributed by atoms with Gasteiger partial charge in [0, 0.05) is 18.2 Å². The van der Waals surface area contributed by atoms with Crippen molar-refractivity contribution in [3.05, 3.63) is 23.7 Å². The van der Waals surface area contributed by atoms with Crippen molar-refractivity contribution in [2.24, 2.45) is 0 Å². The second-order valence-corrected chi connectivity index (χ2v) is 4.69. The maximum Gasteiger partial charge on any atom is 0.123 e. The van der Waals surface area contributed by atoms with Crippen molar-refractivity contribution >= 4 is 0 Å². The van der Waals surface area contributed by atoms with Gasteiger partial charge in [0.05, 0.1) is 32.6 Å². The minimum Gasteiger partial charge on any atom is -0.468 e. The average Bonchev–Trinajstić information content (AvgIpc) is 3.11. The number of hydrogen-bond donors (Lipinski definition) is 1. The molecule has 4 heteroatoms. The highest BCUT2D eigenvalue weighted by atomic mass is 16.5. The first-order valence-corrected chi connectivity index (χ1v) is 6.84. The van der Waals surface area contributed by atoms with Crippen LogP contribution in [-0.2, 0) is 22.6 Å². The SMILES string of the molecule is CCCOCCOCc1ccoc1CNC1CC1. The molecule has 0 aliphatic heterocycles. The van der Waals surface area contributed by atoms with Crippen LogP contribution in [0.4, 0.5) is 0 Å². The predicted octanol–water partition coefficient (Wildman–Crippen LogP) is 2.47. The predicted molar refractivity (Wildman–Crippen MR) is 69.3 cm³/mol. The summed E-state index contributed by atoms with van der Waals surface area (Å²) >= 11 is 0. The molecule has 0 radical (unpaired) electrons. The zero-order valence-electron chi connectivity index (χ0n) is 11.1. The first kappa shape index (κ1) is 13.6. The Morgan fingerprint density at radius 3 is 2.89 bits per heavy atom. The van der Waals surface area contributed by atoms with Crippen molar-refractivity contribution in [3.63, 3.8) is 0 Å². The largest absolute Gasteiger partial charge is 0.468 e. The number of rotatable bonds is 10. The number of hydrogen-bond acceptors (Lipinski definition) is 4. The molecular weight excluding hydrogens is 230 g/mol. The Bertz CT molecular complexity index is 334. The van der Waals surface area contributed by atoms with Crippen LogP contribution in [0, 0.1) is 0 Å². The maximum absolute atomic E-state index is 5.57. The normalized spacial score (nSPS) is 15.2. The monoisotopic (exact) mass is 253 g/mol. The molecule has 0 spiro atoms. The van der Waals surface area contributed by atoms with Gasteiger partial charge in [0.25, 0.3) is 0 Å². The fourth-order valence-corrected chi connectivity index (χ4v) is 1.72. The molecule has 0 atom stereocenters. The van der Waals surface area contributed by atoms with Gasteiger partial charge in [0.2, 0.25) is 0 Å². The molecule has 1 N–H and O–H groups in total. The van der Waals surface area contributed by atoms with Crippen LogP contribution >= 0.6 is 0 Å². The number of furan rings is 1. The molecule has 0 bridgehead atoms. The van der Waals surface area contributed by atoms with E-state index in [0.29, 0.717) is 25.9 Å². The number of nitrogens with one attached hydrogen (secondary N) is 1. The summed E-state index contributed by atoms with van der Waals surface area (Å²) in [5.74, 6) is 0.997. The third kappa shape index (κ3) is 4.80. The van der Waals surface area contributed by atoms with E-state index in [1.807, 2.05) is 6.07 Å². The summed E-state index contributed by atoms with van der Waals surface area (Å²) in [7, 11) is 0. The minimum absolute atomic E-state index is 0.605. The van der Waals surface area contributed by atoms with Gasteiger partial charge in [0.1, 0.15) is 5.76 Å². The lowest BCUT2D eigenvalue weighted by Gasteiger charge is -2.06. The molecule has 4 nitrogen and oxygen atoms in total. The van der Waals surface area contributed by atoms with E-state index >= 15 is 0 Å². The van der Waals surface area contributed by atoms with Crippen LogP contribution in [0.1, 0.15) is 37.5 Å². The van der Waals surface area contributed by atoms with Crippen LogP contribution in [0.3, 0.4) is 0 Å². The zero-order valence-corrected chi connectivity index (χ0v) is 11.1. The van der Waals surface area contributed by atoms with Gasteiger partial charge in [-0.05, 0) is 25.3 Å². The second kappa shape index (κ2) is 7.56. The molecule has 1 aliphatic rings. The summed E-state index contributed by atoms with van der Waals surface area (Å²) in [5.41, 5.74) is 1.14. The highest BCUT2D eigenvalue weighted by Gasteiger charge is 2.21. The summed E-state index contributed by atoms with van der Waals surface area (Å²) in [6.45, 7) is 5.63. The summed E-state index contributed by atoms with van der Waals surface area (Å²) in [4.78, 5) is 0. The van der Waals surface area contributed by atoms with Crippen molar-refractivity contribution in [2.75, 3.05) is 19.8 Å². The first-order chi connectivity index (χ1) is 8.90. The Morgan fingerprint density at radius 2 is 2.11 bits per heavy atom. The van der Waals surface area contributed by atoms with Gasteiger partial charge < -0.3 is 19.2 Å². The molecule has 0 unspecified atom stereocenters. The van der Waals surface area contributed by atoms with E-state index in [4.69, 9.17) is 13.9 Å². The molecular formula is C14H23NO3. The van der Waals surface area contributed by atoms with Crippen LogP contribution in [0.25, 0.3) is 0 Å². The highest BCUT2D eigenvalue weighted by Crippen LogP contribution is 2.20. The third-order valence-corrected chi connectivity index (χ3v) is 2.94. The Morgan fingerprint density at radius 1 is 1.28 bits per heavy atom. The van der Waals surface area contributed by atoms with Crippen molar-refractivity contribution in [1.29, 1.82) is 0 Å². The second-order valence-electron chi connectivity index (χ2n) is 4.69. The zero-order chi connectivity index (χ0) is 12.6. The Balaban J connectivity index is 1.60. The Kier molecular flexibility index (Phi) is 5.71. The van der Waals surface area contributed by atoms with Crippen LogP contribution in [0.15, 0.2) is 16.7 Å². The van der Waals surface area contributed by atoms with Gasteiger partial charge in [0.15, 0.2) is 0 Å². The van der Waals surface area contributed by atoms with E-state index in [1.165, 1.54) is 12.8 Å². The molecule has 18 heavy (non-hydrogen) atoms. The van der Waals surface area contributed by atoms with Gasteiger partial charge in [-0.1, -0.05) is 6.92 Å². The molecule has 1 aromatic rings. The van der Waals surface area contributed by atoms with Crippen molar-refractivity contribution in [3.8, 4) is 0 Å². The van der Waals surface area contributed by atoms with E-state index in [-0.39, 0.29) is 0 Å². The molecule has 1 saturated carbocycles. The van der Waals surface area contributed by atoms with Crippen molar-refractivity contribution in [2.45, 2.75) is 45.4 Å². The van der Waals surface area contributed by atoms with Crippen molar-refractivity contribution < 1.29 is 13.9 Å². The molecule has 0 saturated heterocycles. The summed E-state index contributed by atoms with van der Waals surface area (Å²) in [6.07, 6.45) is 5.37. The third-order valence-electron chi connectivity index (χ3n) is 2.94. The summed E-state index contributed by atoms with van der Waals surface area (Å²) in [5, 5.41) is 3.44. The van der Waals surface area contributed by atoms with Gasteiger partial charge in [-0.25, -0.2) is 0 Å². The fourth-order valence-electron chi connectivity index (χ4n) is 1.72. The molecule has 1 aliphatic carbocycles. The van der Waals surface area contributed by atoms with Crippen LogP contribution in [-0.4, -0.2) is 25.9 Å². The average molecular weight is 253 g/mol.